The van der Waals surface area contributed by atoms with Gasteiger partial charge in [0.05, 0.1) is 10.6 Å². The van der Waals surface area contributed by atoms with Crippen molar-refractivity contribution in [2.24, 2.45) is 11.8 Å². The summed E-state index contributed by atoms with van der Waals surface area (Å²) in [6, 6.07) is 15.4. The fraction of sp³-hybridized carbons (Fsp3) is 0.548. The molecular formula is C31H40ClN3O3. The highest BCUT2D eigenvalue weighted by Crippen LogP contribution is 2.34. The van der Waals surface area contributed by atoms with Crippen LogP contribution in [0.3, 0.4) is 0 Å². The molecule has 3 aliphatic heterocycles. The van der Waals surface area contributed by atoms with Gasteiger partial charge in [-0.3, -0.25) is 9.59 Å². The SMILES string of the molecule is C[C@@H]1CCCN1C(=O)c1ccc(N2CCC(CC3CCN(C(=O)[C@H](O)c4ccccc4)CC3)CC2)cc1Cl. The highest BCUT2D eigenvalue weighted by molar-refractivity contribution is 6.34. The third kappa shape index (κ3) is 6.02. The van der Waals surface area contributed by atoms with Gasteiger partial charge in [-0.15, -0.1) is 0 Å². The molecule has 1 N–H and O–H groups in total. The Hall–Kier alpha value is -2.57. The van der Waals surface area contributed by atoms with Crippen molar-refractivity contribution in [3.63, 3.8) is 0 Å². The summed E-state index contributed by atoms with van der Waals surface area (Å²) in [6.07, 6.45) is 6.57. The molecule has 3 saturated heterocycles. The second-order valence-electron chi connectivity index (χ2n) is 11.4. The van der Waals surface area contributed by atoms with Gasteiger partial charge in [0.15, 0.2) is 6.10 Å². The van der Waals surface area contributed by atoms with Gasteiger partial charge in [-0.25, -0.2) is 0 Å². The lowest BCUT2D eigenvalue weighted by atomic mass is 9.82. The number of hydrogen-bond donors (Lipinski definition) is 1. The van der Waals surface area contributed by atoms with Crippen molar-refractivity contribution in [1.82, 2.24) is 9.80 Å². The van der Waals surface area contributed by atoms with Gasteiger partial charge in [0.25, 0.3) is 11.8 Å². The first-order chi connectivity index (χ1) is 18.4. The molecule has 0 radical (unpaired) electrons. The normalized spacial score (nSPS) is 22.1. The molecule has 7 heteroatoms. The number of aliphatic hydroxyl groups excluding tert-OH is 1. The number of aliphatic hydroxyl groups is 1. The summed E-state index contributed by atoms with van der Waals surface area (Å²) in [5, 5.41) is 11.0. The number of benzene rings is 2. The Bertz CT molecular complexity index is 1110. The van der Waals surface area contributed by atoms with Crippen LogP contribution in [0.2, 0.25) is 5.02 Å². The lowest BCUT2D eigenvalue weighted by molar-refractivity contribution is -0.142. The summed E-state index contributed by atoms with van der Waals surface area (Å²) in [4.78, 5) is 31.9. The Morgan fingerprint density at radius 3 is 2.18 bits per heavy atom. The molecule has 2 aromatic carbocycles. The Labute approximate surface area is 231 Å². The van der Waals surface area contributed by atoms with Gasteiger partial charge in [-0.05, 0) is 87.5 Å². The molecule has 3 aliphatic rings. The summed E-state index contributed by atoms with van der Waals surface area (Å²) in [5.41, 5.74) is 2.37. The number of nitrogens with zero attached hydrogens (tertiary/aromatic N) is 3. The van der Waals surface area contributed by atoms with Crippen LogP contribution < -0.4 is 4.90 Å². The molecule has 3 fully saturated rings. The summed E-state index contributed by atoms with van der Waals surface area (Å²) >= 11 is 6.60. The van der Waals surface area contributed by atoms with E-state index in [0.717, 1.165) is 76.9 Å². The zero-order valence-corrected chi connectivity index (χ0v) is 23.2. The third-order valence-electron chi connectivity index (χ3n) is 8.92. The first kappa shape index (κ1) is 27.0. The van der Waals surface area contributed by atoms with Crippen molar-refractivity contribution in [1.29, 1.82) is 0 Å². The maximum absolute atomic E-state index is 12.9. The molecule has 3 heterocycles. The Morgan fingerprint density at radius 2 is 1.58 bits per heavy atom. The van der Waals surface area contributed by atoms with Crippen molar-refractivity contribution in [2.45, 2.75) is 64.0 Å². The van der Waals surface area contributed by atoms with Gasteiger partial charge in [0.2, 0.25) is 0 Å². The van der Waals surface area contributed by atoms with E-state index < -0.39 is 6.10 Å². The molecule has 5 rings (SSSR count). The van der Waals surface area contributed by atoms with Crippen molar-refractivity contribution in [3.05, 3.63) is 64.7 Å². The summed E-state index contributed by atoms with van der Waals surface area (Å²) in [5.74, 6) is 1.20. The number of likely N-dealkylation sites (tertiary alicyclic amines) is 2. The van der Waals surface area contributed by atoms with E-state index in [9.17, 15) is 14.7 Å². The van der Waals surface area contributed by atoms with Crippen LogP contribution in [0.4, 0.5) is 5.69 Å². The quantitative estimate of drug-likeness (QED) is 0.525. The maximum Gasteiger partial charge on any atom is 0.256 e. The van der Waals surface area contributed by atoms with Gasteiger partial charge >= 0.3 is 0 Å². The van der Waals surface area contributed by atoms with Crippen LogP contribution in [0.25, 0.3) is 0 Å². The molecule has 2 atom stereocenters. The minimum absolute atomic E-state index is 0.0487. The van der Waals surface area contributed by atoms with Gasteiger partial charge in [-0.1, -0.05) is 41.9 Å². The Kier molecular flexibility index (Phi) is 8.59. The van der Waals surface area contributed by atoms with Crippen molar-refractivity contribution in [2.75, 3.05) is 37.6 Å². The standard InChI is InChI=1S/C31H40ClN3O3/c1-22-6-5-15-35(22)30(37)27-10-9-26(21-28(27)32)33-16-11-23(12-17-33)20-24-13-18-34(19-14-24)31(38)29(36)25-7-3-2-4-8-25/h2-4,7-10,21-24,29,36H,5-6,11-20H2,1H3/t22-,29-/m1/s1. The average Bonchev–Trinajstić information content (AvgIpc) is 3.39. The lowest BCUT2D eigenvalue weighted by Crippen LogP contribution is -2.42. The number of carbonyl (C=O) groups excluding carboxylic acids is 2. The number of carbonyl (C=O) groups is 2. The number of piperidine rings is 2. The van der Waals surface area contributed by atoms with E-state index in [0.29, 0.717) is 28.0 Å². The Balaban J connectivity index is 1.07. The summed E-state index contributed by atoms with van der Waals surface area (Å²) in [6.45, 7) is 6.38. The van der Waals surface area contributed by atoms with E-state index in [1.807, 2.05) is 40.1 Å². The van der Waals surface area contributed by atoms with Crippen LogP contribution in [-0.4, -0.2) is 65.5 Å². The second kappa shape index (κ2) is 12.1. The molecule has 0 unspecified atom stereocenters. The minimum Gasteiger partial charge on any atom is -0.378 e. The van der Waals surface area contributed by atoms with Crippen LogP contribution in [0.15, 0.2) is 48.5 Å². The molecule has 0 saturated carbocycles. The number of amides is 2. The Morgan fingerprint density at radius 1 is 0.921 bits per heavy atom. The molecule has 6 nitrogen and oxygen atoms in total. The van der Waals surface area contributed by atoms with Crippen LogP contribution in [0.1, 0.15) is 73.9 Å². The van der Waals surface area contributed by atoms with E-state index in [-0.39, 0.29) is 17.9 Å². The van der Waals surface area contributed by atoms with Crippen LogP contribution in [-0.2, 0) is 4.79 Å². The van der Waals surface area contributed by atoms with Crippen LogP contribution in [0.5, 0.6) is 0 Å². The first-order valence-electron chi connectivity index (χ1n) is 14.3. The molecule has 0 aliphatic carbocycles. The monoisotopic (exact) mass is 537 g/mol. The van der Waals surface area contributed by atoms with Crippen molar-refractivity contribution >= 4 is 29.1 Å². The lowest BCUT2D eigenvalue weighted by Gasteiger charge is -2.38. The molecule has 0 spiro atoms. The van der Waals surface area contributed by atoms with Gasteiger partial charge < -0.3 is 19.8 Å². The smallest absolute Gasteiger partial charge is 0.256 e. The zero-order valence-electron chi connectivity index (χ0n) is 22.4. The first-order valence-corrected chi connectivity index (χ1v) is 14.7. The second-order valence-corrected chi connectivity index (χ2v) is 11.8. The maximum atomic E-state index is 12.9. The van der Waals surface area contributed by atoms with Crippen molar-refractivity contribution in [3.8, 4) is 0 Å². The summed E-state index contributed by atoms with van der Waals surface area (Å²) < 4.78 is 0. The third-order valence-corrected chi connectivity index (χ3v) is 9.23. The number of anilines is 1. The predicted octanol–water partition coefficient (Wildman–Crippen LogP) is 5.54. The number of hydrogen-bond acceptors (Lipinski definition) is 4. The fourth-order valence-corrected chi connectivity index (χ4v) is 6.76. The van der Waals surface area contributed by atoms with Gasteiger partial charge in [-0.2, -0.15) is 0 Å². The molecule has 0 aromatic heterocycles. The van der Waals surface area contributed by atoms with Crippen molar-refractivity contribution < 1.29 is 14.7 Å². The molecule has 2 aromatic rings. The molecule has 2 amide bonds. The average molecular weight is 538 g/mol. The largest absolute Gasteiger partial charge is 0.378 e. The summed E-state index contributed by atoms with van der Waals surface area (Å²) in [7, 11) is 0. The van der Waals surface area contributed by atoms with Gasteiger partial charge in [0, 0.05) is 44.5 Å². The van der Waals surface area contributed by atoms with E-state index >= 15 is 0 Å². The molecule has 38 heavy (non-hydrogen) atoms. The molecule has 0 bridgehead atoms. The highest BCUT2D eigenvalue weighted by Gasteiger charge is 2.31. The number of halogens is 1. The van der Waals surface area contributed by atoms with Gasteiger partial charge in [0.1, 0.15) is 0 Å². The van der Waals surface area contributed by atoms with Crippen LogP contribution in [0, 0.1) is 11.8 Å². The van der Waals surface area contributed by atoms with E-state index in [2.05, 4.69) is 17.9 Å². The van der Waals surface area contributed by atoms with Crippen LogP contribution >= 0.6 is 11.6 Å². The highest BCUT2D eigenvalue weighted by atomic mass is 35.5. The number of rotatable bonds is 6. The van der Waals surface area contributed by atoms with E-state index in [1.165, 1.54) is 6.42 Å². The fourth-order valence-electron chi connectivity index (χ4n) is 6.50. The minimum atomic E-state index is -1.07. The van der Waals surface area contributed by atoms with E-state index in [4.69, 9.17) is 11.6 Å². The zero-order chi connectivity index (χ0) is 26.6. The predicted molar refractivity (Wildman–Crippen MR) is 151 cm³/mol. The van der Waals surface area contributed by atoms with E-state index in [1.54, 1.807) is 12.1 Å². The molecule has 204 valence electrons. The topological polar surface area (TPSA) is 64.1 Å². The molecular weight excluding hydrogens is 498 g/mol.